The van der Waals surface area contributed by atoms with E-state index in [4.69, 9.17) is 19.7 Å². The molecule has 0 radical (unpaired) electrons. The van der Waals surface area contributed by atoms with Gasteiger partial charge in [-0.1, -0.05) is 12.2 Å². The molecule has 0 unspecified atom stereocenters. The molecule has 0 bridgehead atoms. The normalized spacial score (nSPS) is 37.1. The molecule has 0 aromatic carbocycles. The van der Waals surface area contributed by atoms with Gasteiger partial charge in [-0.15, -0.1) is 0 Å². The summed E-state index contributed by atoms with van der Waals surface area (Å²) >= 11 is 0. The predicted molar refractivity (Wildman–Crippen MR) is 91.2 cm³/mol. The van der Waals surface area contributed by atoms with Crippen LogP contribution in [-0.4, -0.2) is 81.2 Å². The summed E-state index contributed by atoms with van der Waals surface area (Å²) in [4.78, 5) is 24.3. The highest BCUT2D eigenvalue weighted by Gasteiger charge is 2.45. The van der Waals surface area contributed by atoms with Gasteiger partial charge in [0.1, 0.15) is 30.2 Å². The minimum Gasteiger partial charge on any atom is -0.433 e. The summed E-state index contributed by atoms with van der Waals surface area (Å²) in [5.41, 5.74) is 0. The van der Waals surface area contributed by atoms with Crippen LogP contribution in [0.5, 0.6) is 0 Å². The molecule has 0 amide bonds. The zero-order valence-corrected chi connectivity index (χ0v) is 15.0. The summed E-state index contributed by atoms with van der Waals surface area (Å²) in [6, 6.07) is 0. The lowest BCUT2D eigenvalue weighted by Crippen LogP contribution is -2.59. The number of hydrogen-bond donors (Lipinski definition) is 5. The second kappa shape index (κ2) is 10.3. The summed E-state index contributed by atoms with van der Waals surface area (Å²) in [6.45, 7) is -0.581. The molecular formula is C18H28O9. The molecule has 2 fully saturated rings. The molecule has 1 aliphatic heterocycles. The minimum absolute atomic E-state index is 0.0317. The average molecular weight is 388 g/mol. The molecule has 5 N–H and O–H groups in total. The van der Waals surface area contributed by atoms with E-state index in [2.05, 4.69) is 0 Å². The number of carbonyl (C=O) groups excluding carboxylic acids is 2. The van der Waals surface area contributed by atoms with Crippen LogP contribution >= 0.6 is 0 Å². The van der Waals surface area contributed by atoms with Crippen LogP contribution in [0.3, 0.4) is 0 Å². The summed E-state index contributed by atoms with van der Waals surface area (Å²) in [5.74, 6) is -1.12. The Morgan fingerprint density at radius 3 is 2.56 bits per heavy atom. The molecule has 1 saturated carbocycles. The zero-order chi connectivity index (χ0) is 20.0. The summed E-state index contributed by atoms with van der Waals surface area (Å²) in [6.07, 6.45) is -1.96. The molecule has 1 aliphatic carbocycles. The maximum absolute atomic E-state index is 12.2. The van der Waals surface area contributed by atoms with E-state index in [9.17, 15) is 24.9 Å². The Bertz CT molecular complexity index is 533. The Kier molecular flexibility index (Phi) is 8.33. The molecule has 0 aromatic heterocycles. The Morgan fingerprint density at radius 1 is 1.15 bits per heavy atom. The maximum Gasteiger partial charge on any atom is 0.308 e. The minimum atomic E-state index is -1.64. The van der Waals surface area contributed by atoms with Crippen molar-refractivity contribution in [3.63, 3.8) is 0 Å². The van der Waals surface area contributed by atoms with Crippen LogP contribution in [0.25, 0.3) is 0 Å². The van der Waals surface area contributed by atoms with E-state index in [1.165, 1.54) is 0 Å². The first-order valence-electron chi connectivity index (χ1n) is 9.17. The van der Waals surface area contributed by atoms with Gasteiger partial charge >= 0.3 is 5.97 Å². The van der Waals surface area contributed by atoms with Crippen LogP contribution in [0.1, 0.15) is 32.1 Å². The molecule has 154 valence electrons. The van der Waals surface area contributed by atoms with Gasteiger partial charge < -0.3 is 35.0 Å². The Labute approximate surface area is 157 Å². The average Bonchev–Trinajstić information content (AvgIpc) is 2.98. The van der Waals surface area contributed by atoms with E-state index in [1.807, 2.05) is 6.08 Å². The first-order valence-corrected chi connectivity index (χ1v) is 9.17. The summed E-state index contributed by atoms with van der Waals surface area (Å²) in [5, 5.41) is 47.3. The second-order valence-corrected chi connectivity index (χ2v) is 6.98. The van der Waals surface area contributed by atoms with Gasteiger partial charge in [0.2, 0.25) is 6.29 Å². The van der Waals surface area contributed by atoms with Gasteiger partial charge in [0, 0.05) is 25.4 Å². The number of ether oxygens (including phenoxy) is 2. The van der Waals surface area contributed by atoms with Gasteiger partial charge in [0.15, 0.2) is 0 Å². The van der Waals surface area contributed by atoms with E-state index in [1.54, 1.807) is 6.08 Å². The number of ketones is 1. The lowest BCUT2D eigenvalue weighted by Gasteiger charge is -2.39. The second-order valence-electron chi connectivity index (χ2n) is 6.98. The molecule has 1 heterocycles. The van der Waals surface area contributed by atoms with Gasteiger partial charge in [-0.3, -0.25) is 9.59 Å². The standard InChI is InChI=1S/C18H28O9/c19-7-3-1-2-4-11-10(5-6-12(11)21)8-14(22)27-18-17(25)16(24)15(23)13(9-20)26-18/h1-2,10-11,13,15-20,23-25H,3-9H2/b2-1-/t10-,11-,13-,15-,16+,17-,18+/m1/s1. The largest absolute Gasteiger partial charge is 0.433 e. The number of hydrogen-bond acceptors (Lipinski definition) is 9. The lowest BCUT2D eigenvalue weighted by atomic mass is 9.89. The smallest absolute Gasteiger partial charge is 0.308 e. The summed E-state index contributed by atoms with van der Waals surface area (Å²) in [7, 11) is 0. The van der Waals surface area contributed by atoms with Crippen LogP contribution in [-0.2, 0) is 19.1 Å². The number of rotatable bonds is 8. The van der Waals surface area contributed by atoms with Crippen molar-refractivity contribution < 1.29 is 44.6 Å². The third-order valence-corrected chi connectivity index (χ3v) is 5.12. The highest BCUT2D eigenvalue weighted by Crippen LogP contribution is 2.34. The number of esters is 1. The van der Waals surface area contributed by atoms with Gasteiger partial charge in [0.25, 0.3) is 0 Å². The number of carbonyl (C=O) groups is 2. The monoisotopic (exact) mass is 388 g/mol. The topological polar surface area (TPSA) is 154 Å². The van der Waals surface area contributed by atoms with Crippen molar-refractivity contribution in [1.82, 2.24) is 0 Å². The first-order chi connectivity index (χ1) is 12.9. The van der Waals surface area contributed by atoms with Crippen molar-refractivity contribution in [2.75, 3.05) is 13.2 Å². The summed E-state index contributed by atoms with van der Waals surface area (Å²) < 4.78 is 10.2. The lowest BCUT2D eigenvalue weighted by molar-refractivity contribution is -0.292. The zero-order valence-electron chi connectivity index (χ0n) is 15.0. The highest BCUT2D eigenvalue weighted by atomic mass is 16.7. The fraction of sp³-hybridized carbons (Fsp3) is 0.778. The number of allylic oxidation sites excluding steroid dienone is 1. The molecule has 2 rings (SSSR count). The van der Waals surface area contributed by atoms with E-state index in [0.29, 0.717) is 25.7 Å². The quantitative estimate of drug-likeness (QED) is 0.251. The maximum atomic E-state index is 12.2. The molecule has 7 atom stereocenters. The van der Waals surface area contributed by atoms with Crippen molar-refractivity contribution in [2.45, 2.75) is 62.8 Å². The van der Waals surface area contributed by atoms with Crippen molar-refractivity contribution in [3.8, 4) is 0 Å². The molecule has 9 nitrogen and oxygen atoms in total. The van der Waals surface area contributed by atoms with Crippen LogP contribution in [0.15, 0.2) is 12.2 Å². The van der Waals surface area contributed by atoms with Crippen molar-refractivity contribution in [1.29, 1.82) is 0 Å². The van der Waals surface area contributed by atoms with E-state index >= 15 is 0 Å². The Hall–Kier alpha value is -1.36. The molecule has 1 saturated heterocycles. The van der Waals surface area contributed by atoms with E-state index < -0.39 is 43.3 Å². The van der Waals surface area contributed by atoms with Crippen LogP contribution in [0, 0.1) is 11.8 Å². The van der Waals surface area contributed by atoms with Gasteiger partial charge in [-0.2, -0.15) is 0 Å². The molecule has 2 aliphatic rings. The van der Waals surface area contributed by atoms with E-state index in [0.717, 1.165) is 0 Å². The molecule has 0 aromatic rings. The SMILES string of the molecule is O=C(C[C@H]1CCC(=O)[C@@H]1C/C=C\CCO)O[C@@H]1O[C@H](CO)[C@@H](O)[C@H](O)[C@H]1O. The van der Waals surface area contributed by atoms with Crippen LogP contribution in [0.4, 0.5) is 0 Å². The molecule has 9 heteroatoms. The van der Waals surface area contributed by atoms with Crippen molar-refractivity contribution >= 4 is 11.8 Å². The number of Topliss-reactive ketones (excluding diaryl/α,β-unsaturated/α-hetero) is 1. The Balaban J connectivity index is 1.90. The van der Waals surface area contributed by atoms with Crippen molar-refractivity contribution in [2.24, 2.45) is 11.8 Å². The third-order valence-electron chi connectivity index (χ3n) is 5.12. The van der Waals surface area contributed by atoms with Gasteiger partial charge in [-0.25, -0.2) is 0 Å². The van der Waals surface area contributed by atoms with E-state index in [-0.39, 0.29) is 30.6 Å². The van der Waals surface area contributed by atoms with Gasteiger partial charge in [0.05, 0.1) is 6.61 Å². The molecule has 27 heavy (non-hydrogen) atoms. The molecular weight excluding hydrogens is 360 g/mol. The fourth-order valence-corrected chi connectivity index (χ4v) is 3.54. The van der Waals surface area contributed by atoms with Crippen LogP contribution in [0.2, 0.25) is 0 Å². The Morgan fingerprint density at radius 2 is 1.89 bits per heavy atom. The van der Waals surface area contributed by atoms with Crippen LogP contribution < -0.4 is 0 Å². The third kappa shape index (κ3) is 5.56. The van der Waals surface area contributed by atoms with Crippen molar-refractivity contribution in [3.05, 3.63) is 12.2 Å². The number of aliphatic hydroxyl groups excluding tert-OH is 5. The highest BCUT2D eigenvalue weighted by molar-refractivity contribution is 5.84. The number of aliphatic hydroxyl groups is 5. The predicted octanol–water partition coefficient (Wildman–Crippen LogP) is -1.36. The van der Waals surface area contributed by atoms with Gasteiger partial charge in [-0.05, 0) is 25.2 Å². The fourth-order valence-electron chi connectivity index (χ4n) is 3.54. The molecule has 0 spiro atoms. The first kappa shape index (κ1) is 21.9.